The maximum atomic E-state index is 11.9. The number of carbonyl (C=O) groups excluding carboxylic acids is 1. The van der Waals surface area contributed by atoms with E-state index in [1.54, 1.807) is 0 Å². The van der Waals surface area contributed by atoms with Gasteiger partial charge in [0.05, 0.1) is 6.61 Å². The van der Waals surface area contributed by atoms with Crippen LogP contribution in [0.4, 0.5) is 0 Å². The molecule has 0 aromatic carbocycles. The summed E-state index contributed by atoms with van der Waals surface area (Å²) >= 11 is 0. The molecule has 0 radical (unpaired) electrons. The zero-order valence-electron chi connectivity index (χ0n) is 12.9. The Morgan fingerprint density at radius 1 is 1.32 bits per heavy atom. The molecule has 1 unspecified atom stereocenters. The number of hydrogen-bond donors (Lipinski definition) is 1. The quantitative estimate of drug-likeness (QED) is 0.685. The SMILES string of the molecule is CCOC(=O)C(C)(CCCN1CCN(C)CC1)NC. The first-order valence-corrected chi connectivity index (χ1v) is 7.29. The maximum Gasteiger partial charge on any atom is 0.326 e. The van der Waals surface area contributed by atoms with Gasteiger partial charge in [-0.3, -0.25) is 4.79 Å². The van der Waals surface area contributed by atoms with Crippen molar-refractivity contribution in [2.24, 2.45) is 0 Å². The highest BCUT2D eigenvalue weighted by Crippen LogP contribution is 2.15. The van der Waals surface area contributed by atoms with E-state index in [9.17, 15) is 4.79 Å². The Morgan fingerprint density at radius 2 is 1.95 bits per heavy atom. The third kappa shape index (κ3) is 5.09. The Labute approximate surface area is 117 Å². The monoisotopic (exact) mass is 271 g/mol. The van der Waals surface area contributed by atoms with Gasteiger partial charge >= 0.3 is 5.97 Å². The Hall–Kier alpha value is -0.650. The first kappa shape index (κ1) is 16.4. The van der Waals surface area contributed by atoms with E-state index >= 15 is 0 Å². The number of nitrogens with zero attached hydrogens (tertiary/aromatic N) is 2. The Kier molecular flexibility index (Phi) is 6.75. The highest BCUT2D eigenvalue weighted by Gasteiger charge is 2.32. The number of likely N-dealkylation sites (N-methyl/N-ethyl adjacent to an activating group) is 2. The molecule has 0 aromatic rings. The smallest absolute Gasteiger partial charge is 0.326 e. The van der Waals surface area contributed by atoms with Crippen LogP contribution >= 0.6 is 0 Å². The van der Waals surface area contributed by atoms with E-state index < -0.39 is 5.54 Å². The second-order valence-corrected chi connectivity index (χ2v) is 5.55. The molecular weight excluding hydrogens is 242 g/mol. The van der Waals surface area contributed by atoms with Crippen LogP contribution in [-0.2, 0) is 9.53 Å². The normalized spacial score (nSPS) is 21.1. The molecule has 5 nitrogen and oxygen atoms in total. The summed E-state index contributed by atoms with van der Waals surface area (Å²) in [5.41, 5.74) is -0.553. The van der Waals surface area contributed by atoms with E-state index in [1.807, 2.05) is 20.9 Å². The van der Waals surface area contributed by atoms with E-state index in [0.29, 0.717) is 6.61 Å². The summed E-state index contributed by atoms with van der Waals surface area (Å²) in [6.07, 6.45) is 1.83. The molecule has 1 fully saturated rings. The average Bonchev–Trinajstić information content (AvgIpc) is 2.41. The predicted octanol–water partition coefficient (Wildman–Crippen LogP) is 0.555. The molecule has 1 aliphatic rings. The van der Waals surface area contributed by atoms with Crippen molar-refractivity contribution in [3.8, 4) is 0 Å². The molecular formula is C14H29N3O2. The number of nitrogens with one attached hydrogen (secondary N) is 1. The van der Waals surface area contributed by atoms with Gasteiger partial charge < -0.3 is 19.9 Å². The molecule has 1 saturated heterocycles. The molecule has 19 heavy (non-hydrogen) atoms. The first-order valence-electron chi connectivity index (χ1n) is 7.29. The van der Waals surface area contributed by atoms with E-state index in [1.165, 1.54) is 0 Å². The zero-order valence-corrected chi connectivity index (χ0v) is 12.9. The van der Waals surface area contributed by atoms with E-state index in [-0.39, 0.29) is 5.97 Å². The van der Waals surface area contributed by atoms with Gasteiger partial charge in [-0.1, -0.05) is 0 Å². The van der Waals surface area contributed by atoms with Crippen molar-refractivity contribution in [2.45, 2.75) is 32.2 Å². The number of esters is 1. The van der Waals surface area contributed by atoms with Gasteiger partial charge in [0.1, 0.15) is 5.54 Å². The molecule has 0 aliphatic carbocycles. The Morgan fingerprint density at radius 3 is 2.47 bits per heavy atom. The molecule has 0 saturated carbocycles. The van der Waals surface area contributed by atoms with Crippen molar-refractivity contribution >= 4 is 5.97 Å². The lowest BCUT2D eigenvalue weighted by Gasteiger charge is -2.33. The van der Waals surface area contributed by atoms with Crippen molar-refractivity contribution in [1.29, 1.82) is 0 Å². The topological polar surface area (TPSA) is 44.8 Å². The van der Waals surface area contributed by atoms with Gasteiger partial charge in [-0.05, 0) is 47.3 Å². The highest BCUT2D eigenvalue weighted by atomic mass is 16.5. The Balaban J connectivity index is 2.31. The lowest BCUT2D eigenvalue weighted by Crippen LogP contribution is -2.49. The maximum absolute atomic E-state index is 11.9. The summed E-state index contributed by atoms with van der Waals surface area (Å²) in [4.78, 5) is 16.7. The van der Waals surface area contributed by atoms with Crippen LogP contribution in [0.15, 0.2) is 0 Å². The molecule has 0 bridgehead atoms. The van der Waals surface area contributed by atoms with Crippen molar-refractivity contribution in [3.05, 3.63) is 0 Å². The number of piperazine rings is 1. The summed E-state index contributed by atoms with van der Waals surface area (Å²) in [5, 5.41) is 3.11. The minimum Gasteiger partial charge on any atom is -0.465 e. The minimum atomic E-state index is -0.553. The first-order chi connectivity index (χ1) is 9.01. The van der Waals surface area contributed by atoms with Crippen molar-refractivity contribution in [1.82, 2.24) is 15.1 Å². The van der Waals surface area contributed by atoms with Crippen LogP contribution in [0.1, 0.15) is 26.7 Å². The van der Waals surface area contributed by atoms with Crippen molar-refractivity contribution in [2.75, 3.05) is 53.4 Å². The van der Waals surface area contributed by atoms with Gasteiger partial charge in [0, 0.05) is 26.2 Å². The fourth-order valence-corrected chi connectivity index (χ4v) is 2.35. The van der Waals surface area contributed by atoms with Gasteiger partial charge in [-0.2, -0.15) is 0 Å². The molecule has 0 aromatic heterocycles. The van der Waals surface area contributed by atoms with Gasteiger partial charge in [0.25, 0.3) is 0 Å². The van der Waals surface area contributed by atoms with Crippen LogP contribution in [0.2, 0.25) is 0 Å². The number of rotatable bonds is 7. The third-order valence-corrected chi connectivity index (χ3v) is 4.02. The van der Waals surface area contributed by atoms with E-state index in [4.69, 9.17) is 4.74 Å². The van der Waals surface area contributed by atoms with E-state index in [0.717, 1.165) is 45.6 Å². The zero-order chi connectivity index (χ0) is 14.3. The highest BCUT2D eigenvalue weighted by molar-refractivity contribution is 5.80. The van der Waals surface area contributed by atoms with Gasteiger partial charge in [-0.15, -0.1) is 0 Å². The van der Waals surface area contributed by atoms with Gasteiger partial charge in [-0.25, -0.2) is 0 Å². The molecule has 1 aliphatic heterocycles. The standard InChI is InChI=1S/C14H29N3O2/c1-5-19-13(18)14(2,15-3)7-6-8-17-11-9-16(4)10-12-17/h15H,5-12H2,1-4H3. The fourth-order valence-electron chi connectivity index (χ4n) is 2.35. The molecule has 5 heteroatoms. The van der Waals surface area contributed by atoms with Crippen LogP contribution in [-0.4, -0.2) is 74.7 Å². The van der Waals surface area contributed by atoms with Crippen LogP contribution in [0.5, 0.6) is 0 Å². The Bertz CT molecular complexity index is 278. The summed E-state index contributed by atoms with van der Waals surface area (Å²) in [6, 6.07) is 0. The second-order valence-electron chi connectivity index (χ2n) is 5.55. The second kappa shape index (κ2) is 7.82. The number of carbonyl (C=O) groups is 1. The van der Waals surface area contributed by atoms with Gasteiger partial charge in [0.2, 0.25) is 0 Å². The number of hydrogen-bond acceptors (Lipinski definition) is 5. The summed E-state index contributed by atoms with van der Waals surface area (Å²) in [7, 11) is 3.99. The summed E-state index contributed by atoms with van der Waals surface area (Å²) in [6.45, 7) is 9.81. The van der Waals surface area contributed by atoms with Crippen molar-refractivity contribution < 1.29 is 9.53 Å². The van der Waals surface area contributed by atoms with Crippen LogP contribution < -0.4 is 5.32 Å². The lowest BCUT2D eigenvalue weighted by atomic mass is 9.96. The number of ether oxygens (including phenoxy) is 1. The van der Waals surface area contributed by atoms with E-state index in [2.05, 4.69) is 22.2 Å². The summed E-state index contributed by atoms with van der Waals surface area (Å²) in [5.74, 6) is -0.143. The molecule has 1 rings (SSSR count). The third-order valence-electron chi connectivity index (χ3n) is 4.02. The average molecular weight is 271 g/mol. The molecule has 112 valence electrons. The fraction of sp³-hybridized carbons (Fsp3) is 0.929. The minimum absolute atomic E-state index is 0.143. The molecule has 1 heterocycles. The van der Waals surface area contributed by atoms with Crippen molar-refractivity contribution in [3.63, 3.8) is 0 Å². The molecule has 0 amide bonds. The van der Waals surface area contributed by atoms with Crippen LogP contribution in [0.25, 0.3) is 0 Å². The van der Waals surface area contributed by atoms with Crippen LogP contribution in [0, 0.1) is 0 Å². The molecule has 1 atom stereocenters. The predicted molar refractivity (Wildman–Crippen MR) is 77.3 cm³/mol. The summed E-state index contributed by atoms with van der Waals surface area (Å²) < 4.78 is 5.13. The largest absolute Gasteiger partial charge is 0.465 e. The lowest BCUT2D eigenvalue weighted by molar-refractivity contribution is -0.150. The van der Waals surface area contributed by atoms with Crippen LogP contribution in [0.3, 0.4) is 0 Å². The van der Waals surface area contributed by atoms with Gasteiger partial charge in [0.15, 0.2) is 0 Å². The molecule has 0 spiro atoms. The molecule has 1 N–H and O–H groups in total.